The molecular formula is C29H23IN2O6. The third kappa shape index (κ3) is 5.42. The number of rotatable bonds is 8. The maximum absolute atomic E-state index is 13.1. The second-order valence-corrected chi connectivity index (χ2v) is 9.68. The number of hydrogen-bond donors (Lipinski definition) is 1. The number of barbiturate groups is 1. The number of halogens is 1. The van der Waals surface area contributed by atoms with Crippen LogP contribution in [0.5, 0.6) is 11.5 Å². The smallest absolute Gasteiger partial charge is 0.331 e. The number of fused-ring (bicyclic) bond motifs is 1. The van der Waals surface area contributed by atoms with Crippen LogP contribution in [0, 0.1) is 3.57 Å². The van der Waals surface area contributed by atoms with Gasteiger partial charge in [-0.05, 0) is 87.8 Å². The first-order valence-corrected chi connectivity index (χ1v) is 13.0. The molecule has 4 aromatic rings. The molecule has 1 N–H and O–H groups in total. The highest BCUT2D eigenvalue weighted by Crippen LogP contribution is 2.36. The average Bonchev–Trinajstić information content (AvgIpc) is 3.42. The summed E-state index contributed by atoms with van der Waals surface area (Å²) >= 11 is 2.14. The fourth-order valence-corrected chi connectivity index (χ4v) is 4.90. The Kier molecular flexibility index (Phi) is 7.45. The van der Waals surface area contributed by atoms with Gasteiger partial charge in [0.2, 0.25) is 0 Å². The predicted molar refractivity (Wildman–Crippen MR) is 149 cm³/mol. The first-order valence-electron chi connectivity index (χ1n) is 11.9. The predicted octanol–water partition coefficient (Wildman–Crippen LogP) is 5.68. The molecule has 9 heteroatoms. The highest BCUT2D eigenvalue weighted by molar-refractivity contribution is 14.1. The quantitative estimate of drug-likeness (QED) is 0.154. The molecule has 0 bridgehead atoms. The van der Waals surface area contributed by atoms with Gasteiger partial charge in [0.15, 0.2) is 11.5 Å². The number of imide groups is 2. The molecule has 0 spiro atoms. The van der Waals surface area contributed by atoms with E-state index in [2.05, 4.69) is 52.2 Å². The largest absolute Gasteiger partial charge is 0.490 e. The van der Waals surface area contributed by atoms with Crippen molar-refractivity contribution in [2.45, 2.75) is 20.1 Å². The third-order valence-corrected chi connectivity index (χ3v) is 6.72. The number of nitrogens with one attached hydrogen (secondary N) is 1. The van der Waals surface area contributed by atoms with Crippen molar-refractivity contribution < 1.29 is 28.3 Å². The van der Waals surface area contributed by atoms with Crippen LogP contribution in [-0.4, -0.2) is 29.4 Å². The van der Waals surface area contributed by atoms with Crippen LogP contribution in [0.1, 0.15) is 23.8 Å². The maximum Gasteiger partial charge on any atom is 0.331 e. The lowest BCUT2D eigenvalue weighted by molar-refractivity contribution is -0.130. The Labute approximate surface area is 232 Å². The first kappa shape index (κ1) is 25.5. The van der Waals surface area contributed by atoms with Crippen molar-refractivity contribution in [3.63, 3.8) is 0 Å². The summed E-state index contributed by atoms with van der Waals surface area (Å²) in [5.74, 6) is -0.000588. The molecule has 1 fully saturated rings. The molecule has 0 saturated carbocycles. The number of hydrogen-bond acceptors (Lipinski definition) is 6. The van der Waals surface area contributed by atoms with Gasteiger partial charge >= 0.3 is 6.03 Å². The van der Waals surface area contributed by atoms with E-state index in [1.165, 1.54) is 12.3 Å². The lowest BCUT2D eigenvalue weighted by Gasteiger charge is -2.25. The molecule has 8 nitrogen and oxygen atoms in total. The number of nitrogens with zero attached hydrogens (tertiary/aromatic N) is 1. The van der Waals surface area contributed by atoms with E-state index in [1.807, 2.05) is 25.1 Å². The molecule has 4 amide bonds. The number of furan rings is 1. The van der Waals surface area contributed by atoms with E-state index in [0.29, 0.717) is 36.0 Å². The van der Waals surface area contributed by atoms with Crippen LogP contribution in [0.15, 0.2) is 83.0 Å². The molecule has 2 heterocycles. The van der Waals surface area contributed by atoms with E-state index >= 15 is 0 Å². The molecular weight excluding hydrogens is 599 g/mol. The van der Waals surface area contributed by atoms with Crippen molar-refractivity contribution in [2.75, 3.05) is 6.61 Å². The van der Waals surface area contributed by atoms with Gasteiger partial charge in [-0.3, -0.25) is 19.8 Å². The average molecular weight is 622 g/mol. The number of carbonyl (C=O) groups excluding carboxylic acids is 3. The van der Waals surface area contributed by atoms with Gasteiger partial charge in [0.05, 0.1) is 23.0 Å². The number of carbonyl (C=O) groups is 3. The van der Waals surface area contributed by atoms with Gasteiger partial charge in [0, 0.05) is 0 Å². The van der Waals surface area contributed by atoms with E-state index < -0.39 is 17.8 Å². The zero-order valence-corrected chi connectivity index (χ0v) is 22.6. The minimum Gasteiger partial charge on any atom is -0.490 e. The lowest BCUT2D eigenvalue weighted by atomic mass is 10.1. The van der Waals surface area contributed by atoms with Crippen LogP contribution in [0.2, 0.25) is 0 Å². The first-order chi connectivity index (χ1) is 18.4. The Morgan fingerprint density at radius 3 is 2.55 bits per heavy atom. The summed E-state index contributed by atoms with van der Waals surface area (Å²) in [6.45, 7) is 2.51. The molecule has 1 saturated heterocycles. The second kappa shape index (κ2) is 11.1. The molecule has 192 valence electrons. The topological polar surface area (TPSA) is 98.1 Å². The summed E-state index contributed by atoms with van der Waals surface area (Å²) in [6, 6.07) is 20.3. The number of ether oxygens (including phenoxy) is 2. The summed E-state index contributed by atoms with van der Waals surface area (Å²) in [4.78, 5) is 38.9. The van der Waals surface area contributed by atoms with Crippen LogP contribution < -0.4 is 14.8 Å². The van der Waals surface area contributed by atoms with E-state index in [0.717, 1.165) is 24.8 Å². The summed E-state index contributed by atoms with van der Waals surface area (Å²) in [5, 5.41) is 4.51. The normalized spacial score (nSPS) is 14.7. The second-order valence-electron chi connectivity index (χ2n) is 8.52. The van der Waals surface area contributed by atoms with Crippen molar-refractivity contribution in [3.05, 3.63) is 99.0 Å². The Morgan fingerprint density at radius 1 is 0.974 bits per heavy atom. The Bertz CT molecular complexity index is 1560. The van der Waals surface area contributed by atoms with Gasteiger partial charge in [-0.25, -0.2) is 4.79 Å². The van der Waals surface area contributed by atoms with E-state index in [9.17, 15) is 14.4 Å². The molecule has 1 aliphatic heterocycles. The van der Waals surface area contributed by atoms with Crippen LogP contribution in [0.25, 0.3) is 16.8 Å². The van der Waals surface area contributed by atoms with Gasteiger partial charge in [-0.15, -0.1) is 0 Å². The number of amides is 4. The Balaban J connectivity index is 1.41. The van der Waals surface area contributed by atoms with Gasteiger partial charge in [0.1, 0.15) is 17.9 Å². The van der Waals surface area contributed by atoms with Crippen molar-refractivity contribution in [3.8, 4) is 11.5 Å². The minimum absolute atomic E-state index is 0.0917. The van der Waals surface area contributed by atoms with Crippen LogP contribution >= 0.6 is 22.6 Å². The summed E-state index contributed by atoms with van der Waals surface area (Å²) in [6.07, 6.45) is 2.89. The summed E-state index contributed by atoms with van der Waals surface area (Å²) in [7, 11) is 0. The fraction of sp³-hybridized carbons (Fsp3) is 0.138. The molecule has 0 atom stereocenters. The van der Waals surface area contributed by atoms with Gasteiger partial charge in [-0.1, -0.05) is 36.4 Å². The van der Waals surface area contributed by atoms with Crippen LogP contribution in [-0.2, 0) is 22.7 Å². The van der Waals surface area contributed by atoms with Gasteiger partial charge < -0.3 is 13.9 Å². The Morgan fingerprint density at radius 2 is 1.79 bits per heavy atom. The van der Waals surface area contributed by atoms with Crippen molar-refractivity contribution >= 4 is 57.3 Å². The SMILES string of the molecule is CCOc1cc(/C=C2\C(=O)NC(=O)N(Cc3ccco3)C2=O)cc(I)c1OCc1ccc2ccccc2c1. The number of benzene rings is 3. The van der Waals surface area contributed by atoms with E-state index in [1.54, 1.807) is 24.3 Å². The third-order valence-electron chi connectivity index (χ3n) is 5.92. The molecule has 0 aliphatic carbocycles. The van der Waals surface area contributed by atoms with Gasteiger partial charge in [0.25, 0.3) is 11.8 Å². The number of urea groups is 1. The van der Waals surface area contributed by atoms with E-state index in [-0.39, 0.29) is 12.1 Å². The lowest BCUT2D eigenvalue weighted by Crippen LogP contribution is -2.53. The zero-order chi connectivity index (χ0) is 26.6. The molecule has 1 aliphatic rings. The highest BCUT2D eigenvalue weighted by atomic mass is 127. The van der Waals surface area contributed by atoms with Crippen molar-refractivity contribution in [2.24, 2.45) is 0 Å². The Hall–Kier alpha value is -4.12. The maximum atomic E-state index is 13.1. The highest BCUT2D eigenvalue weighted by Gasteiger charge is 2.36. The van der Waals surface area contributed by atoms with E-state index in [4.69, 9.17) is 13.9 Å². The standard InChI is InChI=1S/C29H23IN2O6/c1-2-36-25-15-19(13-23-27(33)31-29(35)32(28(23)34)16-22-8-5-11-37-22)14-24(30)26(25)38-17-18-9-10-20-6-3-4-7-21(20)12-18/h3-15H,2,16-17H2,1H3,(H,31,33,35)/b23-13+. The zero-order valence-electron chi connectivity index (χ0n) is 20.4. The van der Waals surface area contributed by atoms with Crippen LogP contribution in [0.4, 0.5) is 4.79 Å². The monoisotopic (exact) mass is 622 g/mol. The molecule has 0 unspecified atom stereocenters. The molecule has 38 heavy (non-hydrogen) atoms. The molecule has 3 aromatic carbocycles. The van der Waals surface area contributed by atoms with Crippen molar-refractivity contribution in [1.29, 1.82) is 0 Å². The van der Waals surface area contributed by atoms with Gasteiger partial charge in [-0.2, -0.15) is 0 Å². The minimum atomic E-state index is -0.796. The van der Waals surface area contributed by atoms with Crippen molar-refractivity contribution in [1.82, 2.24) is 10.2 Å². The van der Waals surface area contributed by atoms with Crippen LogP contribution in [0.3, 0.4) is 0 Å². The molecule has 1 aromatic heterocycles. The fourth-order valence-electron chi connectivity index (χ4n) is 4.12. The summed E-state index contributed by atoms with van der Waals surface area (Å²) in [5.41, 5.74) is 1.40. The summed E-state index contributed by atoms with van der Waals surface area (Å²) < 4.78 is 18.0. The molecule has 5 rings (SSSR count). The molecule has 0 radical (unpaired) electrons.